The third-order valence-corrected chi connectivity index (χ3v) is 2.94. The van der Waals surface area contributed by atoms with Crippen molar-refractivity contribution in [2.75, 3.05) is 13.2 Å². The van der Waals surface area contributed by atoms with E-state index in [9.17, 15) is 13.2 Å². The van der Waals surface area contributed by atoms with Crippen LogP contribution >= 0.6 is 0 Å². The first-order valence-electron chi connectivity index (χ1n) is 5.58. The molecular weight excluding hydrogens is 247 g/mol. The molecule has 1 aromatic rings. The molecule has 100 valence electrons. The smallest absolute Gasteiger partial charge is 0.410 e. The molecule has 3 nitrogen and oxygen atoms in total. The Morgan fingerprint density at radius 1 is 1.11 bits per heavy atom. The van der Waals surface area contributed by atoms with Crippen molar-refractivity contribution in [1.82, 2.24) is 0 Å². The van der Waals surface area contributed by atoms with E-state index in [1.165, 1.54) is 18.2 Å². The fourth-order valence-corrected chi connectivity index (χ4v) is 1.65. The van der Waals surface area contributed by atoms with Gasteiger partial charge in [0.25, 0.3) is 0 Å². The van der Waals surface area contributed by atoms with Crippen molar-refractivity contribution in [3.05, 3.63) is 23.8 Å². The topological polar surface area (TPSA) is 44.5 Å². The summed E-state index contributed by atoms with van der Waals surface area (Å²) in [6.07, 6.45) is -3.82. The molecule has 18 heavy (non-hydrogen) atoms. The molecule has 6 heteroatoms. The van der Waals surface area contributed by atoms with E-state index >= 15 is 0 Å². The van der Waals surface area contributed by atoms with E-state index in [0.717, 1.165) is 6.92 Å². The molecule has 0 radical (unpaired) electrons. The molecule has 0 aliphatic carbocycles. The molecule has 0 saturated heterocycles. The normalized spacial score (nSPS) is 18.9. The predicted octanol–water partition coefficient (Wildman–Crippen LogP) is 2.58. The van der Waals surface area contributed by atoms with Gasteiger partial charge in [-0.1, -0.05) is 6.07 Å². The fourth-order valence-electron chi connectivity index (χ4n) is 1.65. The molecular formula is C12H14F3NO2. The molecule has 1 aromatic carbocycles. The van der Waals surface area contributed by atoms with Crippen LogP contribution in [-0.2, 0) is 5.54 Å². The third kappa shape index (κ3) is 2.25. The Labute approximate surface area is 103 Å². The number of alkyl halides is 3. The molecule has 1 heterocycles. The van der Waals surface area contributed by atoms with Crippen LogP contribution in [0.5, 0.6) is 11.5 Å². The maximum absolute atomic E-state index is 12.8. The molecule has 0 spiro atoms. The van der Waals surface area contributed by atoms with Gasteiger partial charge in [-0.3, -0.25) is 0 Å². The Morgan fingerprint density at radius 3 is 2.33 bits per heavy atom. The van der Waals surface area contributed by atoms with E-state index in [4.69, 9.17) is 15.2 Å². The molecule has 1 aliphatic rings. The molecule has 0 fully saturated rings. The van der Waals surface area contributed by atoms with Crippen molar-refractivity contribution < 1.29 is 22.6 Å². The van der Waals surface area contributed by atoms with Gasteiger partial charge < -0.3 is 15.2 Å². The van der Waals surface area contributed by atoms with Crippen LogP contribution in [-0.4, -0.2) is 19.4 Å². The number of ether oxygens (including phenoxy) is 2. The van der Waals surface area contributed by atoms with Gasteiger partial charge in [-0.25, -0.2) is 0 Å². The van der Waals surface area contributed by atoms with Crippen LogP contribution < -0.4 is 15.2 Å². The highest BCUT2D eigenvalue weighted by molar-refractivity contribution is 5.45. The van der Waals surface area contributed by atoms with Gasteiger partial charge in [-0.2, -0.15) is 13.2 Å². The quantitative estimate of drug-likeness (QED) is 0.845. The summed E-state index contributed by atoms with van der Waals surface area (Å²) in [5.41, 5.74) is 2.92. The van der Waals surface area contributed by atoms with Crippen molar-refractivity contribution in [2.24, 2.45) is 5.73 Å². The summed E-state index contributed by atoms with van der Waals surface area (Å²) in [6, 6.07) is 4.09. The van der Waals surface area contributed by atoms with Crippen LogP contribution in [0.3, 0.4) is 0 Å². The van der Waals surface area contributed by atoms with E-state index in [1.807, 2.05) is 0 Å². The lowest BCUT2D eigenvalue weighted by molar-refractivity contribution is -0.184. The van der Waals surface area contributed by atoms with Gasteiger partial charge >= 0.3 is 6.18 Å². The number of hydrogen-bond donors (Lipinski definition) is 1. The number of rotatable bonds is 1. The van der Waals surface area contributed by atoms with Crippen molar-refractivity contribution in [2.45, 2.75) is 25.1 Å². The highest BCUT2D eigenvalue weighted by Crippen LogP contribution is 2.40. The van der Waals surface area contributed by atoms with E-state index in [0.29, 0.717) is 31.1 Å². The monoisotopic (exact) mass is 261 g/mol. The lowest BCUT2D eigenvalue weighted by atomic mass is 9.92. The minimum absolute atomic E-state index is 0.0424. The Balaban J connectivity index is 2.39. The van der Waals surface area contributed by atoms with Gasteiger partial charge in [-0.15, -0.1) is 0 Å². The summed E-state index contributed by atoms with van der Waals surface area (Å²) in [4.78, 5) is 0. The largest absolute Gasteiger partial charge is 0.490 e. The first kappa shape index (κ1) is 13.0. The average Bonchev–Trinajstić information content (AvgIpc) is 2.51. The zero-order chi connectivity index (χ0) is 13.4. The Bertz CT molecular complexity index is 443. The summed E-state index contributed by atoms with van der Waals surface area (Å²) in [6.45, 7) is 1.85. The standard InChI is InChI=1S/C12H14F3NO2/c1-11(16,12(13,14)15)8-3-4-9-10(7-8)18-6-2-5-17-9/h3-4,7H,2,5-6,16H2,1H3. The van der Waals surface area contributed by atoms with Gasteiger partial charge in [0.15, 0.2) is 11.5 Å². The van der Waals surface area contributed by atoms with E-state index in [2.05, 4.69) is 0 Å². The van der Waals surface area contributed by atoms with Gasteiger partial charge in [0.1, 0.15) is 5.54 Å². The number of fused-ring (bicyclic) bond motifs is 1. The first-order chi connectivity index (χ1) is 8.32. The van der Waals surface area contributed by atoms with Crippen molar-refractivity contribution in [1.29, 1.82) is 0 Å². The Hall–Kier alpha value is -1.43. The number of hydrogen-bond acceptors (Lipinski definition) is 3. The summed E-state index contributed by atoms with van der Waals surface area (Å²) in [7, 11) is 0. The second-order valence-electron chi connectivity index (χ2n) is 4.41. The van der Waals surface area contributed by atoms with Gasteiger partial charge in [0.2, 0.25) is 0 Å². The van der Waals surface area contributed by atoms with E-state index in [-0.39, 0.29) is 5.56 Å². The van der Waals surface area contributed by atoms with Crippen molar-refractivity contribution in [3.63, 3.8) is 0 Å². The summed E-state index contributed by atoms with van der Waals surface area (Å²) in [5.74, 6) is 0.764. The molecule has 1 unspecified atom stereocenters. The molecule has 0 saturated carbocycles. The third-order valence-electron chi connectivity index (χ3n) is 2.94. The zero-order valence-electron chi connectivity index (χ0n) is 9.88. The molecule has 2 N–H and O–H groups in total. The van der Waals surface area contributed by atoms with Gasteiger partial charge in [-0.05, 0) is 24.6 Å². The molecule has 0 bridgehead atoms. The first-order valence-corrected chi connectivity index (χ1v) is 5.58. The van der Waals surface area contributed by atoms with Crippen LogP contribution in [0.15, 0.2) is 18.2 Å². The Kier molecular flexibility index (Phi) is 3.14. The van der Waals surface area contributed by atoms with Crippen LogP contribution in [0.2, 0.25) is 0 Å². The lowest BCUT2D eigenvalue weighted by Crippen LogP contribution is -2.47. The van der Waals surface area contributed by atoms with Crippen LogP contribution in [0.1, 0.15) is 18.9 Å². The van der Waals surface area contributed by atoms with Crippen LogP contribution in [0, 0.1) is 0 Å². The summed E-state index contributed by atoms with van der Waals surface area (Å²) >= 11 is 0. The second-order valence-corrected chi connectivity index (χ2v) is 4.41. The van der Waals surface area contributed by atoms with Gasteiger partial charge in [0, 0.05) is 6.42 Å². The minimum atomic E-state index is -4.52. The fraction of sp³-hybridized carbons (Fsp3) is 0.500. The van der Waals surface area contributed by atoms with Crippen LogP contribution in [0.25, 0.3) is 0 Å². The SMILES string of the molecule is CC(N)(c1ccc2c(c1)OCCCO2)C(F)(F)F. The van der Waals surface area contributed by atoms with Crippen LogP contribution in [0.4, 0.5) is 13.2 Å². The maximum atomic E-state index is 12.8. The summed E-state index contributed by atoms with van der Waals surface area (Å²) < 4.78 is 49.2. The summed E-state index contributed by atoms with van der Waals surface area (Å²) in [5, 5.41) is 0. The lowest BCUT2D eigenvalue weighted by Gasteiger charge is -2.28. The van der Waals surface area contributed by atoms with Gasteiger partial charge in [0.05, 0.1) is 13.2 Å². The minimum Gasteiger partial charge on any atom is -0.490 e. The highest BCUT2D eigenvalue weighted by Gasteiger charge is 2.49. The van der Waals surface area contributed by atoms with E-state index in [1.54, 1.807) is 0 Å². The molecule has 0 amide bonds. The Morgan fingerprint density at radius 2 is 1.72 bits per heavy atom. The van der Waals surface area contributed by atoms with Crippen molar-refractivity contribution >= 4 is 0 Å². The molecule has 0 aromatic heterocycles. The maximum Gasteiger partial charge on any atom is 0.410 e. The molecule has 1 aliphatic heterocycles. The zero-order valence-corrected chi connectivity index (χ0v) is 9.88. The second kappa shape index (κ2) is 4.35. The van der Waals surface area contributed by atoms with E-state index < -0.39 is 11.7 Å². The number of benzene rings is 1. The molecule has 1 atom stereocenters. The predicted molar refractivity (Wildman–Crippen MR) is 59.6 cm³/mol. The molecule has 2 rings (SSSR count). The van der Waals surface area contributed by atoms with Crippen molar-refractivity contribution in [3.8, 4) is 11.5 Å². The number of halogens is 3. The number of nitrogens with two attached hydrogens (primary N) is 1. The average molecular weight is 261 g/mol. The highest BCUT2D eigenvalue weighted by atomic mass is 19.4.